The lowest BCUT2D eigenvalue weighted by Gasteiger charge is -2.22. The Balaban J connectivity index is 0.850. The predicted octanol–water partition coefficient (Wildman–Crippen LogP) is 14.4. The van der Waals surface area contributed by atoms with Gasteiger partial charge in [-0.2, -0.15) is 0 Å². The van der Waals surface area contributed by atoms with Crippen molar-refractivity contribution in [2.24, 2.45) is 9.98 Å². The van der Waals surface area contributed by atoms with Gasteiger partial charge >= 0.3 is 0 Å². The first-order chi connectivity index (χ1) is 32.1. The van der Waals surface area contributed by atoms with E-state index in [9.17, 15) is 0 Å². The van der Waals surface area contributed by atoms with Crippen LogP contribution in [0.15, 0.2) is 239 Å². The molecule has 0 unspecified atom stereocenters. The van der Waals surface area contributed by atoms with Gasteiger partial charge in [0.15, 0.2) is 6.17 Å². The summed E-state index contributed by atoms with van der Waals surface area (Å²) in [4.78, 5) is 19.6. The average Bonchev–Trinajstić information content (AvgIpc) is 3.76. The Labute approximate surface area is 376 Å². The summed E-state index contributed by atoms with van der Waals surface area (Å²) in [6.07, 6.45) is 3.15. The van der Waals surface area contributed by atoms with Crippen LogP contribution in [0, 0.1) is 0 Å². The maximum Gasteiger partial charge on any atom is 0.169 e. The van der Waals surface area contributed by atoms with Gasteiger partial charge in [0.25, 0.3) is 0 Å². The smallest absolute Gasteiger partial charge is 0.169 e. The molecule has 4 heterocycles. The summed E-state index contributed by atoms with van der Waals surface area (Å²) in [5.41, 5.74) is 16.6. The predicted molar refractivity (Wildman–Crippen MR) is 266 cm³/mol. The van der Waals surface area contributed by atoms with Crippen molar-refractivity contribution in [3.05, 3.63) is 241 Å². The van der Waals surface area contributed by atoms with Gasteiger partial charge in [-0.15, -0.1) is 0 Å². The van der Waals surface area contributed by atoms with Gasteiger partial charge in [0.1, 0.15) is 22.8 Å². The van der Waals surface area contributed by atoms with Crippen LogP contribution in [-0.4, -0.2) is 21.6 Å². The highest BCUT2D eigenvalue weighted by molar-refractivity contribution is 6.16. The fraction of sp³-hybridized carbons (Fsp3) is 0.0169. The number of nitrogens with one attached hydrogen (secondary N) is 1. The summed E-state index contributed by atoms with van der Waals surface area (Å²) in [6, 6.07) is 74.0. The van der Waals surface area contributed by atoms with E-state index in [2.05, 4.69) is 198 Å². The van der Waals surface area contributed by atoms with Crippen LogP contribution in [0.1, 0.15) is 22.9 Å². The Kier molecular flexibility index (Phi) is 9.46. The molecular weight excluding hydrogens is 795 g/mol. The number of rotatable bonds is 8. The van der Waals surface area contributed by atoms with Crippen LogP contribution in [0.3, 0.4) is 0 Å². The first-order valence-corrected chi connectivity index (χ1v) is 21.8. The Hall–Kier alpha value is -8.74. The summed E-state index contributed by atoms with van der Waals surface area (Å²) in [7, 11) is 0. The summed E-state index contributed by atoms with van der Waals surface area (Å²) in [5.74, 6) is 1.53. The van der Waals surface area contributed by atoms with Crippen molar-refractivity contribution < 1.29 is 4.42 Å². The van der Waals surface area contributed by atoms with Crippen molar-refractivity contribution in [1.29, 1.82) is 0 Å². The number of furan rings is 1. The fourth-order valence-corrected chi connectivity index (χ4v) is 8.77. The van der Waals surface area contributed by atoms with E-state index in [0.29, 0.717) is 0 Å². The molecule has 0 aliphatic carbocycles. The third-order valence-corrected chi connectivity index (χ3v) is 12.3. The Morgan fingerprint density at radius 2 is 0.846 bits per heavy atom. The second-order valence-electron chi connectivity index (χ2n) is 16.3. The van der Waals surface area contributed by atoms with Crippen LogP contribution in [0.5, 0.6) is 0 Å². The zero-order chi connectivity index (χ0) is 43.1. The molecule has 6 nitrogen and oxygen atoms in total. The van der Waals surface area contributed by atoms with Gasteiger partial charge in [-0.25, -0.2) is 15.0 Å². The normalized spacial score (nSPS) is 12.9. The second-order valence-corrected chi connectivity index (χ2v) is 16.3. The van der Waals surface area contributed by atoms with E-state index in [1.165, 1.54) is 11.1 Å². The number of nitrogens with zero attached hydrogens (tertiary/aromatic N) is 4. The average molecular weight is 834 g/mol. The molecule has 0 atom stereocenters. The molecule has 8 aromatic carbocycles. The number of aliphatic imine (C=N–C) groups is 2. The minimum Gasteiger partial charge on any atom is -0.456 e. The number of hydrogen-bond donors (Lipinski definition) is 1. The molecule has 1 aliphatic heterocycles. The molecule has 6 heteroatoms. The molecule has 0 spiro atoms. The maximum absolute atomic E-state index is 6.64. The Bertz CT molecular complexity index is 3480. The molecule has 1 aliphatic rings. The molecule has 0 saturated heterocycles. The first-order valence-electron chi connectivity index (χ1n) is 21.8. The largest absolute Gasteiger partial charge is 0.456 e. The Morgan fingerprint density at radius 3 is 1.46 bits per heavy atom. The molecule has 11 aromatic rings. The number of pyridine rings is 2. The number of fused-ring (bicyclic) bond motifs is 4. The highest BCUT2D eigenvalue weighted by Gasteiger charge is 2.22. The van der Waals surface area contributed by atoms with E-state index >= 15 is 0 Å². The van der Waals surface area contributed by atoms with Gasteiger partial charge in [-0.05, 0) is 93.0 Å². The van der Waals surface area contributed by atoms with Gasteiger partial charge < -0.3 is 9.73 Å². The van der Waals surface area contributed by atoms with Gasteiger partial charge in [0.2, 0.25) is 0 Å². The van der Waals surface area contributed by atoms with Gasteiger partial charge in [-0.3, -0.25) is 4.98 Å². The standard InChI is InChI=1S/C59H39N5O/c1-3-7-38(8-4-1)40-13-19-45(20-14-40)57-62-58(46-21-15-41(16-22-46)39-9-5-2-6-10-39)64-59(63-57)50-24-28-52-51-27-23-48(36-55(51)65-56(52)37-50)47-25-29-54-49(35-47)26-30-53(61-54)44-17-11-42(12-18-44)43-31-33-60-34-32-43/h1-37,59H,(H,62,63,64). The van der Waals surface area contributed by atoms with Crippen molar-refractivity contribution in [2.45, 2.75) is 6.17 Å². The quantitative estimate of drug-likeness (QED) is 0.165. The lowest BCUT2D eigenvalue weighted by Crippen LogP contribution is -2.36. The van der Waals surface area contributed by atoms with Crippen LogP contribution in [0.25, 0.3) is 88.6 Å². The van der Waals surface area contributed by atoms with Gasteiger partial charge in [-0.1, -0.05) is 164 Å². The molecule has 0 fully saturated rings. The number of hydrogen-bond acceptors (Lipinski definition) is 6. The van der Waals surface area contributed by atoms with E-state index in [1.54, 1.807) is 0 Å². The fourth-order valence-electron chi connectivity index (χ4n) is 8.77. The molecule has 306 valence electrons. The summed E-state index contributed by atoms with van der Waals surface area (Å²) in [5, 5.41) is 6.78. The molecule has 1 N–H and O–H groups in total. The van der Waals surface area contributed by atoms with Gasteiger partial charge in [0.05, 0.1) is 11.2 Å². The maximum atomic E-state index is 6.64. The van der Waals surface area contributed by atoms with Crippen LogP contribution in [-0.2, 0) is 0 Å². The van der Waals surface area contributed by atoms with E-state index in [-0.39, 0.29) is 0 Å². The minimum atomic E-state index is -0.491. The number of benzene rings is 8. The lowest BCUT2D eigenvalue weighted by atomic mass is 10.00. The Morgan fingerprint density at radius 1 is 0.369 bits per heavy atom. The summed E-state index contributed by atoms with van der Waals surface area (Å²) < 4.78 is 6.64. The van der Waals surface area contributed by atoms with Crippen molar-refractivity contribution >= 4 is 44.5 Å². The van der Waals surface area contributed by atoms with Crippen LogP contribution in [0.4, 0.5) is 0 Å². The highest BCUT2D eigenvalue weighted by Crippen LogP contribution is 2.36. The van der Waals surface area contributed by atoms with E-state index in [4.69, 9.17) is 19.4 Å². The monoisotopic (exact) mass is 833 g/mol. The van der Waals surface area contributed by atoms with Crippen LogP contribution in [0.2, 0.25) is 0 Å². The van der Waals surface area contributed by atoms with Crippen LogP contribution < -0.4 is 5.32 Å². The molecular formula is C59H39N5O. The van der Waals surface area contributed by atoms with Crippen molar-refractivity contribution in [3.63, 3.8) is 0 Å². The zero-order valence-corrected chi connectivity index (χ0v) is 35.1. The molecule has 0 radical (unpaired) electrons. The summed E-state index contributed by atoms with van der Waals surface area (Å²) in [6.45, 7) is 0. The van der Waals surface area contributed by atoms with E-state index in [1.807, 2.05) is 36.7 Å². The first kappa shape index (κ1) is 38.0. The van der Waals surface area contributed by atoms with Crippen molar-refractivity contribution in [1.82, 2.24) is 15.3 Å². The molecule has 65 heavy (non-hydrogen) atoms. The topological polar surface area (TPSA) is 75.7 Å². The SMILES string of the molecule is c1ccc(-c2ccc(C3=NC(c4ccc5c(c4)oc4cc(-c6ccc7nc(-c8ccc(-c9ccncc9)cc8)ccc7c6)ccc45)N=C(c4ccc(-c5ccccc5)cc4)N3)cc2)cc1. The van der Waals surface area contributed by atoms with E-state index < -0.39 is 6.17 Å². The van der Waals surface area contributed by atoms with Crippen LogP contribution >= 0.6 is 0 Å². The van der Waals surface area contributed by atoms with Crippen molar-refractivity contribution in [2.75, 3.05) is 0 Å². The molecule has 3 aromatic heterocycles. The molecule has 0 saturated carbocycles. The number of amidine groups is 2. The minimum absolute atomic E-state index is 0.491. The molecule has 0 amide bonds. The lowest BCUT2D eigenvalue weighted by molar-refractivity contribution is 0.666. The highest BCUT2D eigenvalue weighted by atomic mass is 16.3. The van der Waals surface area contributed by atoms with Crippen molar-refractivity contribution in [3.8, 4) is 55.8 Å². The van der Waals surface area contributed by atoms with E-state index in [0.717, 1.165) is 106 Å². The second kappa shape index (κ2) is 16.2. The van der Waals surface area contributed by atoms with Gasteiger partial charge in [0, 0.05) is 50.8 Å². The molecule has 12 rings (SSSR count). The molecule has 0 bridgehead atoms. The number of aromatic nitrogens is 2. The zero-order valence-electron chi connectivity index (χ0n) is 35.1. The third kappa shape index (κ3) is 7.43. The summed E-state index contributed by atoms with van der Waals surface area (Å²) >= 11 is 0. The third-order valence-electron chi connectivity index (χ3n) is 12.3.